The van der Waals surface area contributed by atoms with Gasteiger partial charge in [0.15, 0.2) is 9.84 Å². The van der Waals surface area contributed by atoms with Crippen LogP contribution >= 0.6 is 11.3 Å². The number of sulfone groups is 1. The van der Waals surface area contributed by atoms with Gasteiger partial charge in [-0.15, -0.1) is 11.3 Å². The average molecular weight is 291 g/mol. The molecule has 1 aromatic heterocycles. The molecular formula is C11H17NO4S2. The summed E-state index contributed by atoms with van der Waals surface area (Å²) in [5.74, 6) is -0.345. The van der Waals surface area contributed by atoms with E-state index in [0.29, 0.717) is 10.4 Å². The van der Waals surface area contributed by atoms with Crippen molar-refractivity contribution >= 4 is 27.1 Å². The molecule has 0 saturated heterocycles. The second kappa shape index (κ2) is 5.81. The lowest BCUT2D eigenvalue weighted by Crippen LogP contribution is -2.29. The van der Waals surface area contributed by atoms with Crippen molar-refractivity contribution in [1.82, 2.24) is 5.32 Å². The number of amides is 1. The highest BCUT2D eigenvalue weighted by molar-refractivity contribution is 7.89. The molecule has 7 heteroatoms. The van der Waals surface area contributed by atoms with Crippen molar-refractivity contribution in [3.05, 3.63) is 21.4 Å². The molecule has 2 N–H and O–H groups in total. The summed E-state index contributed by atoms with van der Waals surface area (Å²) in [6.07, 6.45) is 0.558. The first-order valence-electron chi connectivity index (χ1n) is 5.42. The predicted octanol–water partition coefficient (Wildman–Crippen LogP) is 0.712. The van der Waals surface area contributed by atoms with E-state index in [1.165, 1.54) is 11.3 Å². The maximum Gasteiger partial charge on any atom is 0.261 e. The molecule has 0 fully saturated rings. The molecule has 102 valence electrons. The second-order valence-corrected chi connectivity index (χ2v) is 7.72. The summed E-state index contributed by atoms with van der Waals surface area (Å²) in [4.78, 5) is 13.0. The number of carbonyl (C=O) groups is 1. The van der Waals surface area contributed by atoms with Crippen LogP contribution in [0.5, 0.6) is 0 Å². The first-order valence-corrected chi connectivity index (χ1v) is 8.30. The van der Waals surface area contributed by atoms with Crippen LogP contribution in [0.15, 0.2) is 6.07 Å². The zero-order valence-corrected chi connectivity index (χ0v) is 12.2. The Morgan fingerprint density at radius 2 is 2.17 bits per heavy atom. The molecule has 0 bridgehead atoms. The summed E-state index contributed by atoms with van der Waals surface area (Å²) >= 11 is 1.26. The summed E-state index contributed by atoms with van der Waals surface area (Å²) < 4.78 is 22.4. The van der Waals surface area contributed by atoms with Gasteiger partial charge in [0.2, 0.25) is 0 Å². The van der Waals surface area contributed by atoms with Gasteiger partial charge in [0.1, 0.15) is 0 Å². The molecule has 0 radical (unpaired) electrons. The van der Waals surface area contributed by atoms with E-state index < -0.39 is 15.9 Å². The highest BCUT2D eigenvalue weighted by Gasteiger charge is 2.15. The Morgan fingerprint density at radius 1 is 1.56 bits per heavy atom. The maximum absolute atomic E-state index is 11.7. The molecular weight excluding hydrogens is 274 g/mol. The number of thiophene rings is 1. The van der Waals surface area contributed by atoms with E-state index in [1.54, 1.807) is 19.9 Å². The molecule has 18 heavy (non-hydrogen) atoms. The van der Waals surface area contributed by atoms with Gasteiger partial charge >= 0.3 is 0 Å². The fourth-order valence-corrected chi connectivity index (χ4v) is 3.30. The second-order valence-electron chi connectivity index (χ2n) is 4.32. The summed E-state index contributed by atoms with van der Waals surface area (Å²) in [5.41, 5.74) is 0.657. The Morgan fingerprint density at radius 3 is 2.67 bits per heavy atom. The van der Waals surface area contributed by atoms with Gasteiger partial charge in [-0.05, 0) is 25.5 Å². The van der Waals surface area contributed by atoms with E-state index in [2.05, 4.69) is 5.32 Å². The lowest BCUT2D eigenvalue weighted by atomic mass is 10.3. The van der Waals surface area contributed by atoms with E-state index in [0.717, 1.165) is 11.1 Å². The van der Waals surface area contributed by atoms with Crippen molar-refractivity contribution in [3.8, 4) is 0 Å². The molecule has 1 heterocycles. The molecule has 0 spiro atoms. The van der Waals surface area contributed by atoms with Crippen LogP contribution in [0.3, 0.4) is 0 Å². The largest absolute Gasteiger partial charge is 0.392 e. The van der Waals surface area contributed by atoms with Crippen molar-refractivity contribution in [1.29, 1.82) is 0 Å². The first-order chi connectivity index (χ1) is 8.19. The highest BCUT2D eigenvalue weighted by Crippen LogP contribution is 2.23. The zero-order valence-electron chi connectivity index (χ0n) is 10.6. The van der Waals surface area contributed by atoms with Crippen LogP contribution in [0.2, 0.25) is 0 Å². The number of aryl methyl sites for hydroxylation is 1. The Balaban J connectivity index is 2.80. The number of aliphatic hydroxyl groups excluding tert-OH is 1. The number of rotatable bonds is 5. The van der Waals surface area contributed by atoms with Gasteiger partial charge in [-0.1, -0.05) is 0 Å². The van der Waals surface area contributed by atoms with Gasteiger partial charge in [0.05, 0.1) is 16.7 Å². The lowest BCUT2D eigenvalue weighted by molar-refractivity contribution is 0.0928. The molecule has 0 aliphatic carbocycles. The molecule has 0 aliphatic rings. The van der Waals surface area contributed by atoms with Gasteiger partial charge in [-0.25, -0.2) is 8.42 Å². The standard InChI is InChI=1S/C11H17NO4S2/c1-7(13)5-12-11(14)10-4-9(8(2)17-10)6-18(3,15)16/h4,7,13H,5-6H2,1-3H3,(H,12,14)/t7-/m1/s1. The molecule has 0 saturated carbocycles. The monoisotopic (exact) mass is 291 g/mol. The van der Waals surface area contributed by atoms with E-state index in [1.807, 2.05) is 0 Å². The minimum atomic E-state index is -3.10. The van der Waals surface area contributed by atoms with Crippen LogP contribution in [0.1, 0.15) is 27.0 Å². The number of aliphatic hydroxyl groups is 1. The number of nitrogens with one attached hydrogen (secondary N) is 1. The van der Waals surface area contributed by atoms with Crippen LogP contribution in [-0.2, 0) is 15.6 Å². The highest BCUT2D eigenvalue weighted by atomic mass is 32.2. The first kappa shape index (κ1) is 15.1. The third-order valence-electron chi connectivity index (χ3n) is 2.22. The summed E-state index contributed by atoms with van der Waals surface area (Å²) in [7, 11) is -3.10. The molecule has 5 nitrogen and oxygen atoms in total. The Labute approximate surface area is 111 Å². The minimum absolute atomic E-state index is 0.0565. The van der Waals surface area contributed by atoms with Crippen LogP contribution in [0.25, 0.3) is 0 Å². The Kier molecular flexibility index (Phi) is 4.89. The Hall–Kier alpha value is -0.920. The van der Waals surface area contributed by atoms with Crippen LogP contribution < -0.4 is 5.32 Å². The number of hydrogen-bond donors (Lipinski definition) is 2. The molecule has 1 aromatic rings. The molecule has 1 rings (SSSR count). The predicted molar refractivity (Wildman–Crippen MR) is 71.6 cm³/mol. The van der Waals surface area contributed by atoms with E-state index in [-0.39, 0.29) is 18.2 Å². The van der Waals surface area contributed by atoms with Crippen LogP contribution in [-0.4, -0.2) is 38.3 Å². The smallest absolute Gasteiger partial charge is 0.261 e. The fourth-order valence-electron chi connectivity index (χ4n) is 1.39. The number of hydrogen-bond acceptors (Lipinski definition) is 5. The fraction of sp³-hybridized carbons (Fsp3) is 0.545. The maximum atomic E-state index is 11.7. The van der Waals surface area contributed by atoms with Crippen LogP contribution in [0, 0.1) is 6.92 Å². The van der Waals surface area contributed by atoms with Gasteiger partial charge in [0.25, 0.3) is 5.91 Å². The Bertz CT molecular complexity index is 531. The number of carbonyl (C=O) groups excluding carboxylic acids is 1. The third kappa shape index (κ3) is 4.75. The molecule has 1 atom stereocenters. The molecule has 0 aromatic carbocycles. The minimum Gasteiger partial charge on any atom is -0.392 e. The van der Waals surface area contributed by atoms with Gasteiger partial charge in [-0.2, -0.15) is 0 Å². The lowest BCUT2D eigenvalue weighted by Gasteiger charge is -2.04. The normalized spacial score (nSPS) is 13.3. The topological polar surface area (TPSA) is 83.5 Å². The zero-order chi connectivity index (χ0) is 13.9. The molecule has 0 unspecified atom stereocenters. The van der Waals surface area contributed by atoms with Crippen molar-refractivity contribution < 1.29 is 18.3 Å². The summed E-state index contributed by atoms with van der Waals surface area (Å²) in [5, 5.41) is 11.6. The summed E-state index contributed by atoms with van der Waals surface area (Å²) in [6, 6.07) is 1.60. The van der Waals surface area contributed by atoms with Gasteiger partial charge < -0.3 is 10.4 Å². The van der Waals surface area contributed by atoms with E-state index in [4.69, 9.17) is 5.11 Å². The van der Waals surface area contributed by atoms with Crippen molar-refractivity contribution in [2.45, 2.75) is 25.7 Å². The third-order valence-corrected chi connectivity index (χ3v) is 4.15. The molecule has 1 amide bonds. The van der Waals surface area contributed by atoms with Crippen molar-refractivity contribution in [2.75, 3.05) is 12.8 Å². The van der Waals surface area contributed by atoms with Crippen molar-refractivity contribution in [2.24, 2.45) is 0 Å². The quantitative estimate of drug-likeness (QED) is 0.837. The van der Waals surface area contributed by atoms with Crippen molar-refractivity contribution in [3.63, 3.8) is 0 Å². The SMILES string of the molecule is Cc1sc(C(=O)NC[C@@H](C)O)cc1CS(C)(=O)=O. The van der Waals surface area contributed by atoms with Gasteiger partial charge in [0, 0.05) is 17.7 Å². The van der Waals surface area contributed by atoms with E-state index >= 15 is 0 Å². The summed E-state index contributed by atoms with van der Waals surface area (Å²) in [6.45, 7) is 3.54. The van der Waals surface area contributed by atoms with Crippen LogP contribution in [0.4, 0.5) is 0 Å². The average Bonchev–Trinajstić information content (AvgIpc) is 2.54. The van der Waals surface area contributed by atoms with E-state index in [9.17, 15) is 13.2 Å². The van der Waals surface area contributed by atoms with Gasteiger partial charge in [-0.3, -0.25) is 4.79 Å². The molecule has 0 aliphatic heterocycles.